The molecule has 6 heteroatoms. The van der Waals surface area contributed by atoms with Crippen molar-refractivity contribution in [1.29, 1.82) is 0 Å². The largest absolute Gasteiger partial charge is 0.481 e. The third-order valence-electron chi connectivity index (χ3n) is 3.24. The predicted molar refractivity (Wildman–Crippen MR) is 69.3 cm³/mol. The van der Waals surface area contributed by atoms with Crippen LogP contribution in [0.3, 0.4) is 0 Å². The van der Waals surface area contributed by atoms with Crippen LogP contribution >= 0.6 is 0 Å². The van der Waals surface area contributed by atoms with Crippen molar-refractivity contribution >= 4 is 17.9 Å². The molecular weight excluding hydrogens is 264 g/mol. The smallest absolute Gasteiger partial charge is 0.321 e. The van der Waals surface area contributed by atoms with Crippen molar-refractivity contribution in [1.82, 2.24) is 0 Å². The molecule has 0 aliphatic carbocycles. The van der Waals surface area contributed by atoms with Crippen molar-refractivity contribution in [2.45, 2.75) is 19.8 Å². The molecule has 108 valence electrons. The summed E-state index contributed by atoms with van der Waals surface area (Å²) >= 11 is 0. The summed E-state index contributed by atoms with van der Waals surface area (Å²) in [6.07, 6.45) is -0.724. The van der Waals surface area contributed by atoms with Crippen molar-refractivity contribution in [3.8, 4) is 0 Å². The second kappa shape index (κ2) is 6.18. The van der Waals surface area contributed by atoms with Crippen LogP contribution in [-0.4, -0.2) is 33.2 Å². The van der Waals surface area contributed by atoms with Crippen LogP contribution in [0.5, 0.6) is 0 Å². The zero-order valence-corrected chi connectivity index (χ0v) is 10.9. The molecule has 1 atom stereocenters. The van der Waals surface area contributed by atoms with Gasteiger partial charge in [-0.2, -0.15) is 0 Å². The van der Waals surface area contributed by atoms with E-state index in [0.717, 1.165) is 0 Å². The van der Waals surface area contributed by atoms with Gasteiger partial charge < -0.3 is 15.3 Å². The van der Waals surface area contributed by atoms with Crippen molar-refractivity contribution in [2.75, 3.05) is 0 Å². The first-order valence-electron chi connectivity index (χ1n) is 6.03. The average molecular weight is 280 g/mol. The van der Waals surface area contributed by atoms with Crippen LogP contribution < -0.4 is 0 Å². The SMILES string of the molecule is CC(CC(Cc1ccccc1)(C(=O)O)C(=O)O)C(=O)O. The van der Waals surface area contributed by atoms with Crippen molar-refractivity contribution < 1.29 is 29.7 Å². The lowest BCUT2D eigenvalue weighted by atomic mass is 9.75. The predicted octanol–water partition coefficient (Wildman–Crippen LogP) is 1.50. The lowest BCUT2D eigenvalue weighted by Gasteiger charge is -2.26. The summed E-state index contributed by atoms with van der Waals surface area (Å²) in [4.78, 5) is 33.8. The van der Waals surface area contributed by atoms with E-state index in [1.807, 2.05) is 0 Å². The first-order chi connectivity index (χ1) is 9.29. The van der Waals surface area contributed by atoms with Gasteiger partial charge in [-0.15, -0.1) is 0 Å². The van der Waals surface area contributed by atoms with Gasteiger partial charge in [0.25, 0.3) is 0 Å². The molecule has 0 bridgehead atoms. The summed E-state index contributed by atoms with van der Waals surface area (Å²) in [6, 6.07) is 8.31. The summed E-state index contributed by atoms with van der Waals surface area (Å²) in [7, 11) is 0. The standard InChI is InChI=1S/C14H16O6/c1-9(11(15)16)7-14(12(17)18,13(19)20)8-10-5-3-2-4-6-10/h2-6,9H,7-8H2,1H3,(H,15,16)(H,17,18)(H,19,20). The van der Waals surface area contributed by atoms with Crippen molar-refractivity contribution in [3.05, 3.63) is 35.9 Å². The van der Waals surface area contributed by atoms with E-state index in [4.69, 9.17) is 5.11 Å². The minimum Gasteiger partial charge on any atom is -0.481 e. The fraction of sp³-hybridized carbons (Fsp3) is 0.357. The van der Waals surface area contributed by atoms with E-state index >= 15 is 0 Å². The third kappa shape index (κ3) is 3.34. The van der Waals surface area contributed by atoms with E-state index in [-0.39, 0.29) is 6.42 Å². The van der Waals surface area contributed by atoms with Crippen molar-refractivity contribution in [3.63, 3.8) is 0 Å². The highest BCUT2D eigenvalue weighted by molar-refractivity contribution is 5.99. The number of carboxylic acids is 3. The number of benzene rings is 1. The molecule has 0 aromatic heterocycles. The van der Waals surface area contributed by atoms with E-state index in [1.165, 1.54) is 6.92 Å². The van der Waals surface area contributed by atoms with E-state index in [2.05, 4.69) is 0 Å². The van der Waals surface area contributed by atoms with Crippen molar-refractivity contribution in [2.24, 2.45) is 11.3 Å². The molecule has 0 heterocycles. The second-order valence-electron chi connectivity index (χ2n) is 4.80. The van der Waals surface area contributed by atoms with Crippen LogP contribution in [0.2, 0.25) is 0 Å². The summed E-state index contributed by atoms with van der Waals surface area (Å²) in [5.74, 6) is -5.33. The van der Waals surface area contributed by atoms with E-state index < -0.39 is 35.7 Å². The lowest BCUT2D eigenvalue weighted by molar-refractivity contribution is -0.166. The van der Waals surface area contributed by atoms with Crippen LogP contribution in [0.4, 0.5) is 0 Å². The maximum Gasteiger partial charge on any atom is 0.321 e. The van der Waals surface area contributed by atoms with Crippen LogP contribution in [0.1, 0.15) is 18.9 Å². The zero-order valence-electron chi connectivity index (χ0n) is 10.9. The maximum absolute atomic E-state index is 11.5. The molecule has 3 N–H and O–H groups in total. The Hall–Kier alpha value is -2.37. The molecule has 1 unspecified atom stereocenters. The molecule has 0 amide bonds. The number of hydrogen-bond donors (Lipinski definition) is 3. The minimum absolute atomic E-state index is 0.254. The molecule has 6 nitrogen and oxygen atoms in total. The Morgan fingerprint density at radius 1 is 1.05 bits per heavy atom. The van der Waals surface area contributed by atoms with Crippen LogP contribution in [0, 0.1) is 11.3 Å². The Kier molecular flexibility index (Phi) is 4.85. The van der Waals surface area contributed by atoms with Crippen LogP contribution in [0.25, 0.3) is 0 Å². The molecule has 20 heavy (non-hydrogen) atoms. The van der Waals surface area contributed by atoms with Crippen LogP contribution in [-0.2, 0) is 20.8 Å². The molecule has 0 saturated carbocycles. The molecular formula is C14H16O6. The molecule has 1 aromatic rings. The number of aliphatic carboxylic acids is 3. The molecule has 1 aromatic carbocycles. The zero-order chi connectivity index (χ0) is 15.3. The maximum atomic E-state index is 11.5. The van der Waals surface area contributed by atoms with Gasteiger partial charge in [-0.25, -0.2) is 0 Å². The number of carboxylic acid groups (broad SMARTS) is 3. The minimum atomic E-state index is -2.14. The number of carbonyl (C=O) groups is 3. The normalized spacial score (nSPS) is 12.7. The van der Waals surface area contributed by atoms with Gasteiger partial charge in [0.2, 0.25) is 0 Å². The Balaban J connectivity index is 3.15. The molecule has 1 rings (SSSR count). The quantitative estimate of drug-likeness (QED) is 0.652. The van der Waals surface area contributed by atoms with E-state index in [1.54, 1.807) is 30.3 Å². The Labute approximate surface area is 115 Å². The Morgan fingerprint density at radius 3 is 1.95 bits per heavy atom. The summed E-state index contributed by atoms with van der Waals surface area (Å²) in [5.41, 5.74) is -1.60. The molecule has 0 saturated heterocycles. The van der Waals surface area contributed by atoms with Crippen LogP contribution in [0.15, 0.2) is 30.3 Å². The van der Waals surface area contributed by atoms with Gasteiger partial charge in [0.05, 0.1) is 5.92 Å². The van der Waals surface area contributed by atoms with E-state index in [9.17, 15) is 24.6 Å². The number of hydrogen-bond acceptors (Lipinski definition) is 3. The van der Waals surface area contributed by atoms with E-state index in [0.29, 0.717) is 5.56 Å². The third-order valence-corrected chi connectivity index (χ3v) is 3.24. The number of rotatable bonds is 7. The molecule has 0 radical (unpaired) electrons. The highest BCUT2D eigenvalue weighted by Gasteiger charge is 2.48. The van der Waals surface area contributed by atoms with Gasteiger partial charge in [-0.05, 0) is 18.4 Å². The Morgan fingerprint density at radius 2 is 1.55 bits per heavy atom. The fourth-order valence-corrected chi connectivity index (χ4v) is 2.04. The second-order valence-corrected chi connectivity index (χ2v) is 4.80. The van der Waals surface area contributed by atoms with Gasteiger partial charge in [0.15, 0.2) is 5.41 Å². The highest BCUT2D eigenvalue weighted by Crippen LogP contribution is 2.32. The lowest BCUT2D eigenvalue weighted by Crippen LogP contribution is -2.43. The van der Waals surface area contributed by atoms with Gasteiger partial charge >= 0.3 is 17.9 Å². The summed E-state index contributed by atoms with van der Waals surface area (Å²) in [5, 5.41) is 27.5. The molecule has 0 fully saturated rings. The highest BCUT2D eigenvalue weighted by atomic mass is 16.4. The first-order valence-corrected chi connectivity index (χ1v) is 6.03. The summed E-state index contributed by atoms with van der Waals surface area (Å²) < 4.78 is 0. The molecule has 0 spiro atoms. The average Bonchev–Trinajstić information content (AvgIpc) is 2.38. The topological polar surface area (TPSA) is 112 Å². The first kappa shape index (κ1) is 15.7. The molecule has 0 aliphatic heterocycles. The monoisotopic (exact) mass is 280 g/mol. The summed E-state index contributed by atoms with van der Waals surface area (Å²) in [6.45, 7) is 1.30. The van der Waals surface area contributed by atoms with Gasteiger partial charge in [0.1, 0.15) is 0 Å². The molecule has 0 aliphatic rings. The van der Waals surface area contributed by atoms with Gasteiger partial charge in [0, 0.05) is 0 Å². The van der Waals surface area contributed by atoms with Gasteiger partial charge in [-0.3, -0.25) is 14.4 Å². The fourth-order valence-electron chi connectivity index (χ4n) is 2.04. The Bertz CT molecular complexity index is 494. The van der Waals surface area contributed by atoms with Gasteiger partial charge in [-0.1, -0.05) is 37.3 Å².